The Bertz CT molecular complexity index is 450. The van der Waals surface area contributed by atoms with Crippen molar-refractivity contribution in [3.8, 4) is 0 Å². The van der Waals surface area contributed by atoms with Gasteiger partial charge in [-0.2, -0.15) is 13.2 Å². The predicted octanol–water partition coefficient (Wildman–Crippen LogP) is 2.58. The third-order valence-corrected chi connectivity index (χ3v) is 4.08. The second-order valence-corrected chi connectivity index (χ2v) is 5.83. The van der Waals surface area contributed by atoms with Gasteiger partial charge < -0.3 is 10.4 Å². The molecular weight excluding hydrogens is 297 g/mol. The van der Waals surface area contributed by atoms with Gasteiger partial charge in [0.05, 0.1) is 18.8 Å². The highest BCUT2D eigenvalue weighted by Gasteiger charge is 2.28. The molecule has 2 atom stereocenters. The number of halogens is 3. The van der Waals surface area contributed by atoms with Crippen molar-refractivity contribution in [1.82, 2.24) is 20.3 Å². The Morgan fingerprint density at radius 3 is 2.73 bits per heavy atom. The van der Waals surface area contributed by atoms with Gasteiger partial charge in [-0.15, -0.1) is 5.10 Å². The molecule has 2 N–H and O–H groups in total. The SMILES string of the molecule is OCc1cn([C@@H]2CCCC[C@@H]2NCCCCC(F)(F)F)nn1. The average molecular weight is 320 g/mol. The van der Waals surface area contributed by atoms with E-state index in [9.17, 15) is 13.2 Å². The summed E-state index contributed by atoms with van der Waals surface area (Å²) in [5.41, 5.74) is 0.537. The van der Waals surface area contributed by atoms with Crippen molar-refractivity contribution in [2.75, 3.05) is 6.54 Å². The lowest BCUT2D eigenvalue weighted by molar-refractivity contribution is -0.135. The summed E-state index contributed by atoms with van der Waals surface area (Å²) in [7, 11) is 0. The minimum atomic E-state index is -4.06. The van der Waals surface area contributed by atoms with Crippen LogP contribution in [0, 0.1) is 0 Å². The van der Waals surface area contributed by atoms with E-state index in [4.69, 9.17) is 5.11 Å². The number of alkyl halides is 3. The van der Waals surface area contributed by atoms with Gasteiger partial charge in [-0.25, -0.2) is 4.68 Å². The molecule has 1 aromatic rings. The molecule has 1 heterocycles. The van der Waals surface area contributed by atoms with Crippen LogP contribution in [0.15, 0.2) is 6.20 Å². The third-order valence-electron chi connectivity index (χ3n) is 4.08. The van der Waals surface area contributed by atoms with Crippen molar-refractivity contribution in [2.24, 2.45) is 0 Å². The standard InChI is InChI=1S/C14H23F3N4O/c15-14(16,17)7-3-4-8-18-12-5-1-2-6-13(12)21-9-11(10-22)19-20-21/h9,12-13,18,22H,1-8,10H2/t12-,13+/m0/s1. The number of hydrogen-bond donors (Lipinski definition) is 2. The number of nitrogens with zero attached hydrogens (tertiary/aromatic N) is 3. The van der Waals surface area contributed by atoms with Gasteiger partial charge in [-0.3, -0.25) is 0 Å². The van der Waals surface area contributed by atoms with Gasteiger partial charge in [0.15, 0.2) is 0 Å². The van der Waals surface area contributed by atoms with Crippen LogP contribution in [0.2, 0.25) is 0 Å². The van der Waals surface area contributed by atoms with E-state index < -0.39 is 12.6 Å². The van der Waals surface area contributed by atoms with Crippen LogP contribution in [0.1, 0.15) is 56.7 Å². The maximum Gasteiger partial charge on any atom is 0.389 e. The molecule has 0 unspecified atom stereocenters. The van der Waals surface area contributed by atoms with Crippen molar-refractivity contribution >= 4 is 0 Å². The maximum absolute atomic E-state index is 12.1. The van der Waals surface area contributed by atoms with E-state index in [1.165, 1.54) is 0 Å². The lowest BCUT2D eigenvalue weighted by atomic mass is 9.90. The van der Waals surface area contributed by atoms with Gasteiger partial charge in [-0.1, -0.05) is 18.1 Å². The van der Waals surface area contributed by atoms with E-state index in [0.717, 1.165) is 25.7 Å². The van der Waals surface area contributed by atoms with Crippen LogP contribution in [0.4, 0.5) is 13.2 Å². The van der Waals surface area contributed by atoms with E-state index in [2.05, 4.69) is 15.6 Å². The molecule has 0 spiro atoms. The molecule has 8 heteroatoms. The number of nitrogens with one attached hydrogen (secondary N) is 1. The largest absolute Gasteiger partial charge is 0.390 e. The molecular formula is C14H23F3N4O. The van der Waals surface area contributed by atoms with E-state index in [1.807, 2.05) is 0 Å². The van der Waals surface area contributed by atoms with Gasteiger partial charge in [-0.05, 0) is 32.2 Å². The fraction of sp³-hybridized carbons (Fsp3) is 0.857. The molecule has 22 heavy (non-hydrogen) atoms. The first-order chi connectivity index (χ1) is 10.5. The lowest BCUT2D eigenvalue weighted by Gasteiger charge is -2.32. The van der Waals surface area contributed by atoms with E-state index in [1.54, 1.807) is 10.9 Å². The van der Waals surface area contributed by atoms with Gasteiger partial charge in [0, 0.05) is 12.5 Å². The predicted molar refractivity (Wildman–Crippen MR) is 75.1 cm³/mol. The molecule has 1 aliphatic rings. The minimum Gasteiger partial charge on any atom is -0.390 e. The third kappa shape index (κ3) is 5.24. The summed E-state index contributed by atoms with van der Waals surface area (Å²) in [4.78, 5) is 0. The minimum absolute atomic E-state index is 0.137. The first kappa shape index (κ1) is 17.2. The van der Waals surface area contributed by atoms with Crippen molar-refractivity contribution in [2.45, 2.75) is 69.8 Å². The number of hydrogen-bond acceptors (Lipinski definition) is 4. The Labute approximate surface area is 127 Å². The summed E-state index contributed by atoms with van der Waals surface area (Å²) >= 11 is 0. The maximum atomic E-state index is 12.1. The normalized spacial score (nSPS) is 22.9. The second-order valence-electron chi connectivity index (χ2n) is 5.83. The van der Waals surface area contributed by atoms with Crippen molar-refractivity contribution < 1.29 is 18.3 Å². The average Bonchev–Trinajstić information content (AvgIpc) is 2.95. The molecule has 126 valence electrons. The van der Waals surface area contributed by atoms with E-state index in [-0.39, 0.29) is 25.1 Å². The smallest absolute Gasteiger partial charge is 0.389 e. The number of aliphatic hydroxyl groups is 1. The zero-order chi connectivity index (χ0) is 16.0. The fourth-order valence-electron chi connectivity index (χ4n) is 2.95. The second kappa shape index (κ2) is 7.92. The molecule has 1 saturated carbocycles. The van der Waals surface area contributed by atoms with Crippen molar-refractivity contribution in [1.29, 1.82) is 0 Å². The fourth-order valence-corrected chi connectivity index (χ4v) is 2.95. The molecule has 5 nitrogen and oxygen atoms in total. The summed E-state index contributed by atoms with van der Waals surface area (Å²) in [6.07, 6.45) is 1.80. The molecule has 0 aliphatic heterocycles. The summed E-state index contributed by atoms with van der Waals surface area (Å²) in [5.74, 6) is 0. The van der Waals surface area contributed by atoms with Crippen LogP contribution < -0.4 is 5.32 Å². The van der Waals surface area contributed by atoms with Gasteiger partial charge in [0.2, 0.25) is 0 Å². The summed E-state index contributed by atoms with van der Waals surface area (Å²) < 4.78 is 38.1. The molecule has 0 radical (unpaired) electrons. The molecule has 1 fully saturated rings. The monoisotopic (exact) mass is 320 g/mol. The number of rotatable bonds is 7. The summed E-state index contributed by atoms with van der Waals surface area (Å²) in [6, 6.07) is 0.358. The lowest BCUT2D eigenvalue weighted by Crippen LogP contribution is -2.40. The van der Waals surface area contributed by atoms with Crippen LogP contribution in [0.3, 0.4) is 0 Å². The molecule has 0 bridgehead atoms. The highest BCUT2D eigenvalue weighted by atomic mass is 19.4. The van der Waals surface area contributed by atoms with Gasteiger partial charge in [0.25, 0.3) is 0 Å². The van der Waals surface area contributed by atoms with Gasteiger partial charge in [0.1, 0.15) is 5.69 Å². The quantitative estimate of drug-likeness (QED) is 0.758. The van der Waals surface area contributed by atoms with Crippen LogP contribution in [0.5, 0.6) is 0 Å². The van der Waals surface area contributed by atoms with Crippen LogP contribution in [-0.2, 0) is 6.61 Å². The first-order valence-electron chi connectivity index (χ1n) is 7.81. The van der Waals surface area contributed by atoms with Crippen molar-refractivity contribution in [3.05, 3.63) is 11.9 Å². The highest BCUT2D eigenvalue weighted by Crippen LogP contribution is 2.28. The molecule has 0 aromatic carbocycles. The Balaban J connectivity index is 1.80. The van der Waals surface area contributed by atoms with Crippen LogP contribution in [0.25, 0.3) is 0 Å². The topological polar surface area (TPSA) is 63.0 Å². The summed E-state index contributed by atoms with van der Waals surface area (Å²) in [5, 5.41) is 20.4. The van der Waals surface area contributed by atoms with Crippen LogP contribution in [-0.4, -0.2) is 38.9 Å². The van der Waals surface area contributed by atoms with Crippen LogP contribution >= 0.6 is 0 Å². The zero-order valence-corrected chi connectivity index (χ0v) is 12.5. The molecule has 0 saturated heterocycles. The number of aliphatic hydroxyl groups excluding tert-OH is 1. The Kier molecular flexibility index (Phi) is 6.19. The van der Waals surface area contributed by atoms with Crippen molar-refractivity contribution in [3.63, 3.8) is 0 Å². The number of unbranched alkanes of at least 4 members (excludes halogenated alkanes) is 1. The Morgan fingerprint density at radius 1 is 1.27 bits per heavy atom. The Hall–Kier alpha value is -1.15. The van der Waals surface area contributed by atoms with Gasteiger partial charge >= 0.3 is 6.18 Å². The first-order valence-corrected chi connectivity index (χ1v) is 7.81. The highest BCUT2D eigenvalue weighted by molar-refractivity contribution is 4.94. The molecule has 2 rings (SSSR count). The zero-order valence-electron chi connectivity index (χ0n) is 12.5. The molecule has 1 aromatic heterocycles. The molecule has 1 aliphatic carbocycles. The number of aromatic nitrogens is 3. The Morgan fingerprint density at radius 2 is 2.05 bits per heavy atom. The molecule has 0 amide bonds. The van der Waals surface area contributed by atoms with E-state index >= 15 is 0 Å². The van der Waals surface area contributed by atoms with E-state index in [0.29, 0.717) is 18.7 Å². The summed E-state index contributed by atoms with van der Waals surface area (Å²) in [6.45, 7) is 0.445.